The van der Waals surface area contributed by atoms with Crippen molar-refractivity contribution < 1.29 is 9.53 Å². The first kappa shape index (κ1) is 16.3. The van der Waals surface area contributed by atoms with Crippen molar-refractivity contribution >= 4 is 11.7 Å². The molecule has 1 aliphatic heterocycles. The quantitative estimate of drug-likeness (QED) is 0.848. The second-order valence-electron chi connectivity index (χ2n) is 6.43. The maximum atomic E-state index is 12.3. The van der Waals surface area contributed by atoms with Crippen molar-refractivity contribution in [3.63, 3.8) is 0 Å². The van der Waals surface area contributed by atoms with Gasteiger partial charge >= 0.3 is 6.03 Å². The molecule has 23 heavy (non-hydrogen) atoms. The Hall–Kier alpha value is -1.59. The molecule has 2 fully saturated rings. The molecule has 126 valence electrons. The van der Waals surface area contributed by atoms with Crippen molar-refractivity contribution in [2.24, 2.45) is 0 Å². The molecule has 0 radical (unpaired) electrons. The minimum atomic E-state index is -0.112. The van der Waals surface area contributed by atoms with Gasteiger partial charge in [0, 0.05) is 43.0 Å². The highest BCUT2D eigenvalue weighted by molar-refractivity contribution is 5.90. The van der Waals surface area contributed by atoms with Crippen LogP contribution in [-0.2, 0) is 11.3 Å². The van der Waals surface area contributed by atoms with Gasteiger partial charge in [0.1, 0.15) is 0 Å². The smallest absolute Gasteiger partial charge is 0.319 e. The lowest BCUT2D eigenvalue weighted by atomic mass is 10.1. The number of nitrogens with one attached hydrogen (secondary N) is 2. The van der Waals surface area contributed by atoms with E-state index in [1.165, 1.54) is 12.8 Å². The van der Waals surface area contributed by atoms with Gasteiger partial charge in [-0.1, -0.05) is 18.2 Å². The number of anilines is 1. The first-order valence-corrected chi connectivity index (χ1v) is 8.73. The lowest BCUT2D eigenvalue weighted by molar-refractivity contribution is 0.134. The number of nitrogens with zero attached hydrogens (tertiary/aromatic N) is 1. The topological polar surface area (TPSA) is 53.6 Å². The first-order valence-electron chi connectivity index (χ1n) is 8.73. The molecule has 3 rings (SSSR count). The molecule has 2 aliphatic rings. The molecule has 0 unspecified atom stereocenters. The van der Waals surface area contributed by atoms with Crippen molar-refractivity contribution in [3.05, 3.63) is 29.8 Å². The summed E-state index contributed by atoms with van der Waals surface area (Å²) >= 11 is 0. The molecule has 2 N–H and O–H groups in total. The van der Waals surface area contributed by atoms with E-state index in [0.717, 1.165) is 43.2 Å². The maximum Gasteiger partial charge on any atom is 0.319 e. The Labute approximate surface area is 138 Å². The highest BCUT2D eigenvalue weighted by atomic mass is 16.5. The molecule has 1 aromatic rings. The van der Waals surface area contributed by atoms with Crippen LogP contribution in [0.15, 0.2) is 24.3 Å². The van der Waals surface area contributed by atoms with Crippen LogP contribution in [-0.4, -0.2) is 42.7 Å². The number of benzene rings is 1. The van der Waals surface area contributed by atoms with Gasteiger partial charge in [0.2, 0.25) is 0 Å². The monoisotopic (exact) mass is 317 g/mol. The molecule has 0 aromatic heterocycles. The zero-order valence-electron chi connectivity index (χ0n) is 13.9. The van der Waals surface area contributed by atoms with Crippen molar-refractivity contribution in [1.29, 1.82) is 0 Å². The van der Waals surface area contributed by atoms with Gasteiger partial charge in [-0.15, -0.1) is 0 Å². The van der Waals surface area contributed by atoms with Crippen molar-refractivity contribution in [2.75, 3.05) is 25.0 Å². The summed E-state index contributed by atoms with van der Waals surface area (Å²) in [5.74, 6) is 0. The highest BCUT2D eigenvalue weighted by Gasteiger charge is 2.32. The van der Waals surface area contributed by atoms with Crippen LogP contribution in [0.5, 0.6) is 0 Å². The molecule has 2 amide bonds. The third kappa shape index (κ3) is 4.69. The zero-order chi connectivity index (χ0) is 16.1. The Kier molecular flexibility index (Phi) is 5.51. The Morgan fingerprint density at radius 1 is 1.22 bits per heavy atom. The number of ether oxygens (including phenoxy) is 1. The molecular formula is C18H27N3O2. The number of hydrogen-bond acceptors (Lipinski definition) is 3. The van der Waals surface area contributed by atoms with Gasteiger partial charge in [0.15, 0.2) is 0 Å². The Morgan fingerprint density at radius 3 is 2.65 bits per heavy atom. The molecule has 1 aliphatic carbocycles. The first-order chi connectivity index (χ1) is 11.3. The van der Waals surface area contributed by atoms with E-state index in [0.29, 0.717) is 13.2 Å². The lowest BCUT2D eigenvalue weighted by Crippen LogP contribution is -2.46. The summed E-state index contributed by atoms with van der Waals surface area (Å²) in [5.41, 5.74) is 1.84. The van der Waals surface area contributed by atoms with Gasteiger partial charge in [-0.05, 0) is 38.7 Å². The van der Waals surface area contributed by atoms with Crippen LogP contribution in [0.1, 0.15) is 38.2 Å². The van der Waals surface area contributed by atoms with Gasteiger partial charge < -0.3 is 20.3 Å². The van der Waals surface area contributed by atoms with Crippen molar-refractivity contribution in [2.45, 2.75) is 51.3 Å². The summed E-state index contributed by atoms with van der Waals surface area (Å²) in [6.07, 6.45) is 4.80. The van der Waals surface area contributed by atoms with Crippen LogP contribution in [0.4, 0.5) is 10.5 Å². The number of amides is 2. The number of hydrogen-bond donors (Lipinski definition) is 2. The van der Waals surface area contributed by atoms with Gasteiger partial charge in [-0.3, -0.25) is 0 Å². The summed E-state index contributed by atoms with van der Waals surface area (Å²) < 4.78 is 5.45. The van der Waals surface area contributed by atoms with E-state index in [9.17, 15) is 4.79 Å². The van der Waals surface area contributed by atoms with Gasteiger partial charge in [-0.2, -0.15) is 0 Å². The van der Waals surface area contributed by atoms with Gasteiger partial charge in [0.05, 0.1) is 6.61 Å². The van der Waals surface area contributed by atoms with Crippen LogP contribution in [0.2, 0.25) is 0 Å². The molecule has 0 spiro atoms. The van der Waals surface area contributed by atoms with Gasteiger partial charge in [-0.25, -0.2) is 4.79 Å². The number of piperidine rings is 1. The Morgan fingerprint density at radius 2 is 1.96 bits per heavy atom. The second-order valence-corrected chi connectivity index (χ2v) is 6.43. The van der Waals surface area contributed by atoms with Crippen molar-refractivity contribution in [1.82, 2.24) is 10.2 Å². The number of carbonyl (C=O) groups excluding carboxylic acids is 1. The second kappa shape index (κ2) is 7.79. The van der Waals surface area contributed by atoms with Crippen molar-refractivity contribution in [3.8, 4) is 0 Å². The molecule has 1 saturated carbocycles. The molecule has 5 heteroatoms. The van der Waals surface area contributed by atoms with E-state index in [1.807, 2.05) is 31.2 Å². The van der Waals surface area contributed by atoms with E-state index < -0.39 is 0 Å². The fourth-order valence-corrected chi connectivity index (χ4v) is 3.17. The number of carbonyl (C=O) groups is 1. The normalized spacial score (nSPS) is 19.5. The van der Waals surface area contributed by atoms with Crippen LogP contribution < -0.4 is 10.6 Å². The average Bonchev–Trinajstić information content (AvgIpc) is 3.40. The molecule has 5 nitrogen and oxygen atoms in total. The average molecular weight is 317 g/mol. The summed E-state index contributed by atoms with van der Waals surface area (Å²) in [7, 11) is 0. The maximum absolute atomic E-state index is 12.3. The summed E-state index contributed by atoms with van der Waals surface area (Å²) in [6.45, 7) is 5.37. The molecule has 1 heterocycles. The highest BCUT2D eigenvalue weighted by Crippen LogP contribution is 2.29. The van der Waals surface area contributed by atoms with E-state index in [4.69, 9.17) is 4.74 Å². The van der Waals surface area contributed by atoms with E-state index >= 15 is 0 Å². The Balaban J connectivity index is 1.47. The van der Waals surface area contributed by atoms with Crippen LogP contribution >= 0.6 is 0 Å². The predicted octanol–water partition coefficient (Wildman–Crippen LogP) is 2.97. The minimum Gasteiger partial charge on any atom is -0.377 e. The molecule has 1 aromatic carbocycles. The van der Waals surface area contributed by atoms with Crippen LogP contribution in [0, 0.1) is 0 Å². The predicted molar refractivity (Wildman–Crippen MR) is 91.5 cm³/mol. The van der Waals surface area contributed by atoms with Crippen LogP contribution in [0.3, 0.4) is 0 Å². The zero-order valence-corrected chi connectivity index (χ0v) is 13.9. The lowest BCUT2D eigenvalue weighted by Gasteiger charge is -2.32. The third-order valence-corrected chi connectivity index (χ3v) is 4.66. The number of likely N-dealkylation sites (tertiary alicyclic amines) is 1. The minimum absolute atomic E-state index is 0.112. The SMILES string of the molecule is CCOCc1ccccc1NC(=O)NC1CCN(C2CC2)CC1. The summed E-state index contributed by atoms with van der Waals surface area (Å²) in [4.78, 5) is 14.8. The van der Waals surface area contributed by atoms with Gasteiger partial charge in [0.25, 0.3) is 0 Å². The molecular weight excluding hydrogens is 290 g/mol. The largest absolute Gasteiger partial charge is 0.377 e. The summed E-state index contributed by atoms with van der Waals surface area (Å²) in [5, 5.41) is 6.08. The number of para-hydroxylation sites is 1. The Bertz CT molecular complexity index is 523. The van der Waals surface area contributed by atoms with E-state index in [-0.39, 0.29) is 12.1 Å². The van der Waals surface area contributed by atoms with E-state index in [2.05, 4.69) is 15.5 Å². The molecule has 0 atom stereocenters. The molecule has 1 saturated heterocycles. The standard InChI is InChI=1S/C18H27N3O2/c1-2-23-13-14-5-3-4-6-17(14)20-18(22)19-15-9-11-21(12-10-15)16-7-8-16/h3-6,15-16H,2,7-13H2,1H3,(H2,19,20,22). The van der Waals surface area contributed by atoms with E-state index in [1.54, 1.807) is 0 Å². The fraction of sp³-hybridized carbons (Fsp3) is 0.611. The van der Waals surface area contributed by atoms with Crippen LogP contribution in [0.25, 0.3) is 0 Å². The molecule has 0 bridgehead atoms. The number of urea groups is 1. The fourth-order valence-electron chi connectivity index (χ4n) is 3.17. The summed E-state index contributed by atoms with van der Waals surface area (Å²) in [6, 6.07) is 8.80. The third-order valence-electron chi connectivity index (χ3n) is 4.66. The number of rotatable bonds is 6.